The van der Waals surface area contributed by atoms with Gasteiger partial charge < -0.3 is 10.2 Å². The molecule has 4 rings (SSSR count). The SMILES string of the molecule is CCCCCCCC12CC3CC(O)(CC(O)(C3)C1)C2. The molecular formula is C17H30O2. The van der Waals surface area contributed by atoms with Crippen LogP contribution >= 0.6 is 0 Å². The van der Waals surface area contributed by atoms with Crippen molar-refractivity contribution in [3.63, 3.8) is 0 Å². The van der Waals surface area contributed by atoms with Crippen LogP contribution in [-0.4, -0.2) is 21.4 Å². The summed E-state index contributed by atoms with van der Waals surface area (Å²) in [6.45, 7) is 2.25. The summed E-state index contributed by atoms with van der Waals surface area (Å²) in [5, 5.41) is 21.4. The first-order chi connectivity index (χ1) is 8.97. The van der Waals surface area contributed by atoms with Crippen LogP contribution < -0.4 is 0 Å². The number of hydrogen-bond donors (Lipinski definition) is 2. The summed E-state index contributed by atoms with van der Waals surface area (Å²) in [5.41, 5.74) is -0.787. The Hall–Kier alpha value is -0.0800. The van der Waals surface area contributed by atoms with Crippen LogP contribution in [0.1, 0.15) is 84.0 Å². The van der Waals surface area contributed by atoms with E-state index in [1.165, 1.54) is 44.9 Å². The molecule has 0 aromatic rings. The highest BCUT2D eigenvalue weighted by molar-refractivity contribution is 5.14. The Labute approximate surface area is 117 Å². The molecule has 0 aliphatic heterocycles. The summed E-state index contributed by atoms with van der Waals surface area (Å²) in [4.78, 5) is 0. The van der Waals surface area contributed by atoms with E-state index in [-0.39, 0.29) is 5.41 Å². The molecule has 2 heteroatoms. The lowest BCUT2D eigenvalue weighted by Gasteiger charge is -2.63. The Bertz CT molecular complexity index is 320. The van der Waals surface area contributed by atoms with Gasteiger partial charge in [-0.1, -0.05) is 39.0 Å². The zero-order valence-electron chi connectivity index (χ0n) is 12.5. The molecule has 2 atom stereocenters. The van der Waals surface area contributed by atoms with Crippen molar-refractivity contribution in [3.8, 4) is 0 Å². The predicted octanol–water partition coefficient (Wildman–Crippen LogP) is 3.79. The summed E-state index contributed by atoms with van der Waals surface area (Å²) in [5.74, 6) is 0.585. The molecule has 2 unspecified atom stereocenters. The summed E-state index contributed by atoms with van der Waals surface area (Å²) >= 11 is 0. The molecule has 4 aliphatic rings. The van der Waals surface area contributed by atoms with Crippen molar-refractivity contribution in [1.82, 2.24) is 0 Å². The fourth-order valence-electron chi connectivity index (χ4n) is 5.92. The molecule has 2 nitrogen and oxygen atoms in total. The van der Waals surface area contributed by atoms with Gasteiger partial charge >= 0.3 is 0 Å². The van der Waals surface area contributed by atoms with Gasteiger partial charge in [0.2, 0.25) is 0 Å². The summed E-state index contributed by atoms with van der Waals surface area (Å²) in [6.07, 6.45) is 13.6. The molecule has 110 valence electrons. The van der Waals surface area contributed by atoms with Gasteiger partial charge in [0, 0.05) is 6.42 Å². The summed E-state index contributed by atoms with van der Waals surface area (Å²) in [6, 6.07) is 0. The largest absolute Gasteiger partial charge is 0.390 e. The first-order valence-corrected chi connectivity index (χ1v) is 8.41. The molecule has 0 radical (unpaired) electrons. The Balaban J connectivity index is 1.61. The lowest BCUT2D eigenvalue weighted by molar-refractivity contribution is -0.231. The van der Waals surface area contributed by atoms with Crippen molar-refractivity contribution in [3.05, 3.63) is 0 Å². The van der Waals surface area contributed by atoms with Crippen molar-refractivity contribution >= 4 is 0 Å². The fourth-order valence-corrected chi connectivity index (χ4v) is 5.92. The van der Waals surface area contributed by atoms with Crippen LogP contribution in [0.15, 0.2) is 0 Å². The van der Waals surface area contributed by atoms with Crippen LogP contribution in [0.2, 0.25) is 0 Å². The average Bonchev–Trinajstić information content (AvgIpc) is 2.23. The Morgan fingerprint density at radius 1 is 0.842 bits per heavy atom. The van der Waals surface area contributed by atoms with Gasteiger partial charge in [-0.25, -0.2) is 0 Å². The number of aliphatic hydroxyl groups is 2. The molecule has 0 heterocycles. The zero-order chi connectivity index (χ0) is 13.6. The molecule has 0 saturated heterocycles. The lowest BCUT2D eigenvalue weighted by atomic mass is 9.45. The van der Waals surface area contributed by atoms with E-state index >= 15 is 0 Å². The lowest BCUT2D eigenvalue weighted by Crippen LogP contribution is -2.63. The molecule has 4 saturated carbocycles. The van der Waals surface area contributed by atoms with Crippen LogP contribution in [0.4, 0.5) is 0 Å². The monoisotopic (exact) mass is 266 g/mol. The van der Waals surface area contributed by atoms with Gasteiger partial charge in [-0.2, -0.15) is 0 Å². The molecule has 2 N–H and O–H groups in total. The Kier molecular flexibility index (Phi) is 3.46. The van der Waals surface area contributed by atoms with Crippen molar-refractivity contribution in [2.45, 2.75) is 95.2 Å². The molecular weight excluding hydrogens is 236 g/mol. The summed E-state index contributed by atoms with van der Waals surface area (Å²) in [7, 11) is 0. The van der Waals surface area contributed by atoms with E-state index < -0.39 is 11.2 Å². The molecule has 0 amide bonds. The summed E-state index contributed by atoms with van der Waals surface area (Å²) < 4.78 is 0. The Morgan fingerprint density at radius 2 is 1.47 bits per heavy atom. The maximum absolute atomic E-state index is 10.7. The van der Waals surface area contributed by atoms with Gasteiger partial charge in [0.15, 0.2) is 0 Å². The molecule has 0 aromatic heterocycles. The highest BCUT2D eigenvalue weighted by atomic mass is 16.3. The molecule has 0 aromatic carbocycles. The van der Waals surface area contributed by atoms with Crippen molar-refractivity contribution in [2.24, 2.45) is 11.3 Å². The van der Waals surface area contributed by atoms with E-state index in [9.17, 15) is 10.2 Å². The van der Waals surface area contributed by atoms with Crippen molar-refractivity contribution in [2.75, 3.05) is 0 Å². The second-order valence-corrected chi connectivity index (χ2v) is 8.12. The molecule has 0 spiro atoms. The van der Waals surface area contributed by atoms with E-state index in [2.05, 4.69) is 6.92 Å². The van der Waals surface area contributed by atoms with Crippen LogP contribution in [0.3, 0.4) is 0 Å². The molecule has 4 bridgehead atoms. The predicted molar refractivity (Wildman–Crippen MR) is 76.9 cm³/mol. The first kappa shape index (κ1) is 13.9. The highest BCUT2D eigenvalue weighted by Crippen LogP contribution is 2.64. The van der Waals surface area contributed by atoms with Crippen molar-refractivity contribution < 1.29 is 10.2 Å². The van der Waals surface area contributed by atoms with Gasteiger partial charge in [0.1, 0.15) is 0 Å². The third kappa shape index (κ3) is 2.71. The maximum Gasteiger partial charge on any atom is 0.0683 e. The normalized spacial score (nSPS) is 47.8. The molecule has 4 aliphatic carbocycles. The van der Waals surface area contributed by atoms with Gasteiger partial charge in [-0.3, -0.25) is 0 Å². The number of hydrogen-bond acceptors (Lipinski definition) is 2. The van der Waals surface area contributed by atoms with Crippen LogP contribution in [0, 0.1) is 11.3 Å². The van der Waals surface area contributed by atoms with Crippen LogP contribution in [0.25, 0.3) is 0 Å². The van der Waals surface area contributed by atoms with Gasteiger partial charge in [-0.05, 0) is 49.9 Å². The van der Waals surface area contributed by atoms with Crippen molar-refractivity contribution in [1.29, 1.82) is 0 Å². The Morgan fingerprint density at radius 3 is 2.05 bits per heavy atom. The second kappa shape index (κ2) is 4.73. The minimum absolute atomic E-state index is 0.273. The van der Waals surface area contributed by atoms with Gasteiger partial charge in [0.05, 0.1) is 11.2 Å². The van der Waals surface area contributed by atoms with E-state index in [0.29, 0.717) is 12.3 Å². The van der Waals surface area contributed by atoms with Crippen LogP contribution in [0.5, 0.6) is 0 Å². The number of unbranched alkanes of at least 4 members (excludes halogenated alkanes) is 4. The minimum atomic E-state index is -0.530. The quantitative estimate of drug-likeness (QED) is 0.718. The van der Waals surface area contributed by atoms with Crippen LogP contribution in [-0.2, 0) is 0 Å². The fraction of sp³-hybridized carbons (Fsp3) is 1.00. The molecule has 19 heavy (non-hydrogen) atoms. The average molecular weight is 266 g/mol. The van der Waals surface area contributed by atoms with E-state index in [0.717, 1.165) is 25.7 Å². The van der Waals surface area contributed by atoms with Gasteiger partial charge in [0.25, 0.3) is 0 Å². The van der Waals surface area contributed by atoms with E-state index in [4.69, 9.17) is 0 Å². The molecule has 4 fully saturated rings. The highest BCUT2D eigenvalue weighted by Gasteiger charge is 2.62. The van der Waals surface area contributed by atoms with Gasteiger partial charge in [-0.15, -0.1) is 0 Å². The standard InChI is InChI=1S/C17H30O2/c1-2-3-4-5-6-7-15-8-14-9-16(18,11-15)13-17(19,10-14)12-15/h14,18-19H,2-13H2,1H3. The smallest absolute Gasteiger partial charge is 0.0683 e. The third-order valence-corrected chi connectivity index (χ3v) is 5.94. The second-order valence-electron chi connectivity index (χ2n) is 8.12. The van der Waals surface area contributed by atoms with E-state index in [1.54, 1.807) is 0 Å². The minimum Gasteiger partial charge on any atom is -0.390 e. The number of rotatable bonds is 6. The topological polar surface area (TPSA) is 40.5 Å². The van der Waals surface area contributed by atoms with E-state index in [1.807, 2.05) is 0 Å². The maximum atomic E-state index is 10.7. The zero-order valence-corrected chi connectivity index (χ0v) is 12.5. The third-order valence-electron chi connectivity index (χ3n) is 5.94. The first-order valence-electron chi connectivity index (χ1n) is 8.41.